The molecule has 3 nitrogen and oxygen atoms in total. The van der Waals surface area contributed by atoms with Gasteiger partial charge in [-0.05, 0) is 73.8 Å². The molecule has 1 heterocycles. The summed E-state index contributed by atoms with van der Waals surface area (Å²) in [6.07, 6.45) is 10.9. The second-order valence-corrected chi connectivity index (χ2v) is 7.52. The van der Waals surface area contributed by atoms with Crippen LogP contribution >= 0.6 is 0 Å². The first-order valence-corrected chi connectivity index (χ1v) is 9.63. The fourth-order valence-electron chi connectivity index (χ4n) is 4.11. The minimum Gasteiger partial charge on any atom is -0.381 e. The highest BCUT2D eigenvalue weighted by atomic mass is 16.5. The average molecular weight is 354 g/mol. The Kier molecular flexibility index (Phi) is 7.60. The van der Waals surface area contributed by atoms with Gasteiger partial charge in [0.25, 0.3) is 0 Å². The molecule has 0 saturated carbocycles. The Morgan fingerprint density at radius 3 is 2.42 bits per heavy atom. The van der Waals surface area contributed by atoms with Gasteiger partial charge in [0.1, 0.15) is 12.1 Å². The van der Waals surface area contributed by atoms with Crippen molar-refractivity contribution in [3.8, 4) is 12.3 Å². The lowest BCUT2D eigenvalue weighted by Gasteiger charge is -2.26. The number of ketones is 1. The highest BCUT2D eigenvalue weighted by molar-refractivity contribution is 5.99. The molecule has 1 aromatic rings. The molecule has 1 aromatic carbocycles. The third-order valence-electron chi connectivity index (χ3n) is 5.63. The first-order chi connectivity index (χ1) is 12.5. The molecule has 1 aliphatic rings. The van der Waals surface area contributed by atoms with Crippen LogP contribution in [0.15, 0.2) is 12.1 Å². The molecular weight excluding hydrogens is 324 g/mol. The van der Waals surface area contributed by atoms with E-state index in [1.807, 2.05) is 26.0 Å². The summed E-state index contributed by atoms with van der Waals surface area (Å²) in [5.74, 6) is 2.93. The van der Waals surface area contributed by atoms with Gasteiger partial charge in [-0.15, -0.1) is 6.42 Å². The highest BCUT2D eigenvalue weighted by Crippen LogP contribution is 2.31. The zero-order valence-electron chi connectivity index (χ0n) is 16.2. The zero-order chi connectivity index (χ0) is 19.1. The van der Waals surface area contributed by atoms with Crippen LogP contribution in [-0.2, 0) is 14.3 Å². The second-order valence-electron chi connectivity index (χ2n) is 7.52. The number of hydrogen-bond donors (Lipinski definition) is 0. The van der Waals surface area contributed by atoms with Crippen molar-refractivity contribution in [1.29, 1.82) is 0 Å². The topological polar surface area (TPSA) is 43.4 Å². The molecule has 26 heavy (non-hydrogen) atoms. The van der Waals surface area contributed by atoms with Gasteiger partial charge in [-0.1, -0.05) is 19.3 Å². The fraction of sp³-hybridized carbons (Fsp3) is 0.565. The molecule has 140 valence electrons. The molecule has 0 N–H and O–H groups in total. The molecule has 0 spiro atoms. The monoisotopic (exact) mass is 354 g/mol. The maximum absolute atomic E-state index is 12.9. The molecule has 0 bridgehead atoms. The molecule has 1 saturated heterocycles. The number of rotatable bonds is 8. The smallest absolute Gasteiger partial charge is 0.147 e. The predicted molar refractivity (Wildman–Crippen MR) is 104 cm³/mol. The van der Waals surface area contributed by atoms with Gasteiger partial charge in [0.15, 0.2) is 0 Å². The van der Waals surface area contributed by atoms with Gasteiger partial charge in [-0.25, -0.2) is 0 Å². The quantitative estimate of drug-likeness (QED) is 0.395. The number of hydrogen-bond acceptors (Lipinski definition) is 3. The van der Waals surface area contributed by atoms with E-state index in [1.54, 1.807) is 0 Å². The maximum atomic E-state index is 12.9. The van der Waals surface area contributed by atoms with Crippen LogP contribution < -0.4 is 0 Å². The summed E-state index contributed by atoms with van der Waals surface area (Å²) < 4.78 is 5.43. The third kappa shape index (κ3) is 5.05. The van der Waals surface area contributed by atoms with Crippen molar-refractivity contribution in [2.75, 3.05) is 13.2 Å². The first-order valence-electron chi connectivity index (χ1n) is 9.63. The van der Waals surface area contributed by atoms with Crippen LogP contribution in [0.3, 0.4) is 0 Å². The lowest BCUT2D eigenvalue weighted by Crippen LogP contribution is -2.23. The Balaban J connectivity index is 2.12. The summed E-state index contributed by atoms with van der Waals surface area (Å²) in [4.78, 5) is 24.7. The van der Waals surface area contributed by atoms with E-state index in [0.29, 0.717) is 18.3 Å². The first kappa shape index (κ1) is 20.4. The maximum Gasteiger partial charge on any atom is 0.147 e. The van der Waals surface area contributed by atoms with Gasteiger partial charge < -0.3 is 9.53 Å². The average Bonchev–Trinajstić information content (AvgIpc) is 2.64. The third-order valence-corrected chi connectivity index (χ3v) is 5.63. The molecule has 0 aromatic heterocycles. The number of ether oxygens (including phenoxy) is 1. The van der Waals surface area contributed by atoms with E-state index < -0.39 is 5.92 Å². The van der Waals surface area contributed by atoms with Crippen LogP contribution in [0.2, 0.25) is 0 Å². The van der Waals surface area contributed by atoms with Crippen LogP contribution in [-0.4, -0.2) is 25.3 Å². The van der Waals surface area contributed by atoms with E-state index in [0.717, 1.165) is 67.4 Å². The molecule has 1 aliphatic heterocycles. The number of terminal acetylenes is 1. The number of aldehydes is 1. The van der Waals surface area contributed by atoms with E-state index in [9.17, 15) is 9.59 Å². The van der Waals surface area contributed by atoms with Crippen molar-refractivity contribution in [2.45, 2.75) is 58.8 Å². The zero-order valence-corrected chi connectivity index (χ0v) is 16.2. The lowest BCUT2D eigenvalue weighted by molar-refractivity contribution is -0.125. The normalized spacial score (nSPS) is 17.3. The Labute approximate surface area is 157 Å². The molecule has 2 atom stereocenters. The molecule has 0 amide bonds. The van der Waals surface area contributed by atoms with Crippen molar-refractivity contribution in [3.05, 3.63) is 34.4 Å². The SMILES string of the molecule is C#Cc1cc(C)c(C(C=O)C(=O)CC(CC)CC2CCOCC2)c(C)c1. The van der Waals surface area contributed by atoms with Gasteiger partial charge in [-0.2, -0.15) is 0 Å². The summed E-state index contributed by atoms with van der Waals surface area (Å²) in [6, 6.07) is 3.76. The number of carbonyl (C=O) groups is 2. The van der Waals surface area contributed by atoms with Gasteiger partial charge >= 0.3 is 0 Å². The van der Waals surface area contributed by atoms with Crippen molar-refractivity contribution in [2.24, 2.45) is 11.8 Å². The Morgan fingerprint density at radius 2 is 1.92 bits per heavy atom. The van der Waals surface area contributed by atoms with Crippen molar-refractivity contribution < 1.29 is 14.3 Å². The van der Waals surface area contributed by atoms with Crippen molar-refractivity contribution in [1.82, 2.24) is 0 Å². The van der Waals surface area contributed by atoms with E-state index >= 15 is 0 Å². The number of benzene rings is 1. The highest BCUT2D eigenvalue weighted by Gasteiger charge is 2.27. The summed E-state index contributed by atoms with van der Waals surface area (Å²) >= 11 is 0. The second kappa shape index (κ2) is 9.69. The fourth-order valence-corrected chi connectivity index (χ4v) is 4.11. The Bertz CT molecular complexity index is 654. The standard InChI is InChI=1S/C23H30O3/c1-5-18-11-16(3)23(17(4)12-18)21(15-24)22(25)14-19(6-2)13-20-7-9-26-10-8-20/h1,11-12,15,19-21H,6-10,13-14H2,2-4H3. The van der Waals surface area contributed by atoms with Crippen LogP contribution in [0.25, 0.3) is 0 Å². The van der Waals surface area contributed by atoms with Crippen LogP contribution in [0, 0.1) is 38.0 Å². The minimum atomic E-state index is -0.689. The molecule has 3 heteroatoms. The summed E-state index contributed by atoms with van der Waals surface area (Å²) in [6.45, 7) is 7.63. The van der Waals surface area contributed by atoms with E-state index in [1.165, 1.54) is 0 Å². The molecular formula is C23H30O3. The minimum absolute atomic E-state index is 0.0265. The van der Waals surface area contributed by atoms with Crippen LogP contribution in [0.5, 0.6) is 0 Å². The molecule has 2 rings (SSSR count). The lowest BCUT2D eigenvalue weighted by atomic mass is 9.80. The molecule has 0 aliphatic carbocycles. The Morgan fingerprint density at radius 1 is 1.31 bits per heavy atom. The van der Waals surface area contributed by atoms with Gasteiger partial charge in [0, 0.05) is 25.2 Å². The van der Waals surface area contributed by atoms with E-state index in [-0.39, 0.29) is 5.78 Å². The summed E-state index contributed by atoms with van der Waals surface area (Å²) in [7, 11) is 0. The largest absolute Gasteiger partial charge is 0.381 e. The van der Waals surface area contributed by atoms with E-state index in [2.05, 4.69) is 12.8 Å². The number of Topliss-reactive ketones (excluding diaryl/α,β-unsaturated/α-hetero) is 1. The van der Waals surface area contributed by atoms with Gasteiger partial charge in [0.2, 0.25) is 0 Å². The van der Waals surface area contributed by atoms with Gasteiger partial charge in [-0.3, -0.25) is 4.79 Å². The number of carbonyl (C=O) groups excluding carboxylic acids is 2. The Hall–Kier alpha value is -1.92. The molecule has 0 radical (unpaired) electrons. The van der Waals surface area contributed by atoms with Crippen molar-refractivity contribution >= 4 is 12.1 Å². The van der Waals surface area contributed by atoms with Crippen LogP contribution in [0.1, 0.15) is 67.2 Å². The summed E-state index contributed by atoms with van der Waals surface area (Å²) in [5, 5.41) is 0. The predicted octanol–water partition coefficient (Wildman–Crippen LogP) is 4.37. The van der Waals surface area contributed by atoms with Crippen molar-refractivity contribution in [3.63, 3.8) is 0 Å². The molecule has 1 fully saturated rings. The summed E-state index contributed by atoms with van der Waals surface area (Å²) in [5.41, 5.74) is 3.44. The van der Waals surface area contributed by atoms with Crippen LogP contribution in [0.4, 0.5) is 0 Å². The molecule has 2 unspecified atom stereocenters. The van der Waals surface area contributed by atoms with E-state index in [4.69, 9.17) is 11.2 Å². The van der Waals surface area contributed by atoms with Gasteiger partial charge in [0.05, 0.1) is 5.92 Å². The number of aryl methyl sites for hydroxylation is 2.